The van der Waals surface area contributed by atoms with Gasteiger partial charge in [-0.25, -0.2) is 9.97 Å². The number of para-hydroxylation sites is 1. The number of methoxy groups -OCH3 is 1. The third-order valence-electron chi connectivity index (χ3n) is 5.30. The number of nitrogens with one attached hydrogen (secondary N) is 1. The average molecular weight is 549 g/mol. The molecule has 0 aliphatic carbocycles. The van der Waals surface area contributed by atoms with E-state index in [1.807, 2.05) is 47.3 Å². The Morgan fingerprint density at radius 3 is 2.51 bits per heavy atom. The molecular weight excluding hydrogens is 515 g/mol. The van der Waals surface area contributed by atoms with E-state index < -0.39 is 0 Å². The molecule has 0 aliphatic rings. The molecule has 3 heterocycles. The normalized spacial score (nSPS) is 12.1. The van der Waals surface area contributed by atoms with Gasteiger partial charge in [-0.1, -0.05) is 53.7 Å². The van der Waals surface area contributed by atoms with Gasteiger partial charge < -0.3 is 9.47 Å². The molecule has 0 spiro atoms. The number of hydrogen-bond acceptors (Lipinski definition) is 7. The fourth-order valence-corrected chi connectivity index (χ4v) is 5.07. The molecule has 1 N–H and O–H groups in total. The van der Waals surface area contributed by atoms with Crippen LogP contribution >= 0.6 is 22.7 Å². The Morgan fingerprint density at radius 1 is 1.11 bits per heavy atom. The minimum absolute atomic E-state index is 0. The molecule has 4 rings (SSSR count). The van der Waals surface area contributed by atoms with Gasteiger partial charge >= 0.3 is 29.6 Å². The quantitative estimate of drug-likeness (QED) is 0.272. The van der Waals surface area contributed by atoms with Gasteiger partial charge in [0.05, 0.1) is 25.1 Å². The second-order valence-electron chi connectivity index (χ2n) is 10.7. The summed E-state index contributed by atoms with van der Waals surface area (Å²) in [7, 11) is 1.63. The third-order valence-corrected chi connectivity index (χ3v) is 6.81. The van der Waals surface area contributed by atoms with E-state index in [1.54, 1.807) is 11.5 Å². The van der Waals surface area contributed by atoms with Gasteiger partial charge in [-0.05, 0) is 23.6 Å². The van der Waals surface area contributed by atoms with Crippen molar-refractivity contribution in [2.75, 3.05) is 19.0 Å². The number of carbonyl (C=O) groups excluding carboxylic acids is 1. The summed E-state index contributed by atoms with van der Waals surface area (Å²) >= 11 is 2.90. The molecule has 37 heavy (non-hydrogen) atoms. The number of benzene rings is 1. The molecule has 7 nitrogen and oxygen atoms in total. The van der Waals surface area contributed by atoms with Crippen LogP contribution in [0.3, 0.4) is 0 Å². The molecule has 0 bridgehead atoms. The van der Waals surface area contributed by atoms with Crippen molar-refractivity contribution in [3.63, 3.8) is 0 Å². The Bertz CT molecular complexity index is 1410. The Labute approximate surface area is 248 Å². The first kappa shape index (κ1) is 29.4. The van der Waals surface area contributed by atoms with Crippen molar-refractivity contribution in [1.82, 2.24) is 14.4 Å². The predicted octanol–water partition coefficient (Wildman–Crippen LogP) is 6.36. The number of rotatable bonds is 7. The van der Waals surface area contributed by atoms with Crippen LogP contribution in [0.2, 0.25) is 0 Å². The fourth-order valence-electron chi connectivity index (χ4n) is 3.41. The van der Waals surface area contributed by atoms with E-state index in [4.69, 9.17) is 14.5 Å². The van der Waals surface area contributed by atoms with Crippen LogP contribution < -0.4 is 14.8 Å². The van der Waals surface area contributed by atoms with Crippen molar-refractivity contribution in [1.29, 1.82) is 0 Å². The first-order valence-electron chi connectivity index (χ1n) is 11.7. The molecule has 0 fully saturated rings. The number of thiazole rings is 2. The molecule has 4 aromatic rings. The summed E-state index contributed by atoms with van der Waals surface area (Å²) in [6.07, 6.45) is 5.60. The minimum atomic E-state index is -0.259. The van der Waals surface area contributed by atoms with Crippen LogP contribution in [0.5, 0.6) is 11.5 Å². The number of carbonyl (C=O) groups is 1. The molecule has 0 atom stereocenters. The number of aromatic nitrogens is 3. The molecule has 192 valence electrons. The molecule has 1 aromatic carbocycles. The number of hydrogen-bond donors (Lipinski definition) is 1. The topological polar surface area (TPSA) is 77.8 Å². The number of fused-ring (bicyclic) bond motifs is 1. The van der Waals surface area contributed by atoms with Gasteiger partial charge in [0.1, 0.15) is 5.69 Å². The zero-order chi connectivity index (χ0) is 26.1. The summed E-state index contributed by atoms with van der Waals surface area (Å²) in [4.78, 5) is 23.4. The van der Waals surface area contributed by atoms with Gasteiger partial charge in [0.15, 0.2) is 21.6 Å². The van der Waals surface area contributed by atoms with E-state index in [9.17, 15) is 4.79 Å². The van der Waals surface area contributed by atoms with Gasteiger partial charge in [0.25, 0.3) is 5.91 Å². The SMILES string of the molecule is COc1cccc(/C=C/c2nc3sccn3c2C(=O)Nc2nc(C(C)(C)C)cs2)c1OCC(C)(C)C.[NaH]. The zero-order valence-corrected chi connectivity index (χ0v) is 23.3. The van der Waals surface area contributed by atoms with Crippen LogP contribution in [-0.4, -0.2) is 63.5 Å². The number of ether oxygens (including phenoxy) is 2. The third kappa shape index (κ3) is 7.03. The predicted molar refractivity (Wildman–Crippen MR) is 156 cm³/mol. The van der Waals surface area contributed by atoms with Crippen molar-refractivity contribution in [2.24, 2.45) is 5.41 Å². The molecule has 0 saturated heterocycles. The summed E-state index contributed by atoms with van der Waals surface area (Å²) in [5.41, 5.74) is 2.71. The molecule has 3 aromatic heterocycles. The maximum absolute atomic E-state index is 13.4. The van der Waals surface area contributed by atoms with E-state index in [0.29, 0.717) is 34.6 Å². The van der Waals surface area contributed by atoms with Crippen molar-refractivity contribution < 1.29 is 14.3 Å². The zero-order valence-electron chi connectivity index (χ0n) is 21.7. The first-order valence-corrected chi connectivity index (χ1v) is 13.4. The number of anilines is 1. The van der Waals surface area contributed by atoms with Gasteiger partial charge in [0.2, 0.25) is 0 Å². The summed E-state index contributed by atoms with van der Waals surface area (Å²) in [6.45, 7) is 13.2. The maximum atomic E-state index is 13.4. The van der Waals surface area contributed by atoms with Crippen LogP contribution in [0.4, 0.5) is 5.13 Å². The Balaban J connectivity index is 0.00000380. The van der Waals surface area contributed by atoms with E-state index >= 15 is 0 Å². The first-order chi connectivity index (χ1) is 17.0. The van der Waals surface area contributed by atoms with Gasteiger partial charge in [-0.15, -0.1) is 22.7 Å². The van der Waals surface area contributed by atoms with E-state index in [1.165, 1.54) is 22.7 Å². The summed E-state index contributed by atoms with van der Waals surface area (Å²) in [6, 6.07) is 5.75. The molecule has 0 unspecified atom stereocenters. The van der Waals surface area contributed by atoms with E-state index in [2.05, 4.69) is 51.8 Å². The summed E-state index contributed by atoms with van der Waals surface area (Å²) in [5, 5.41) is 7.42. The summed E-state index contributed by atoms with van der Waals surface area (Å²) < 4.78 is 13.5. The molecule has 1 amide bonds. The molecule has 0 saturated carbocycles. The van der Waals surface area contributed by atoms with Crippen LogP contribution in [0.15, 0.2) is 35.2 Å². The Hall–Kier alpha value is -2.17. The molecule has 0 aliphatic heterocycles. The molecule has 10 heteroatoms. The van der Waals surface area contributed by atoms with Crippen LogP contribution in [-0.2, 0) is 5.41 Å². The summed E-state index contributed by atoms with van der Waals surface area (Å²) in [5.74, 6) is 1.06. The monoisotopic (exact) mass is 548 g/mol. The standard InChI is InChI=1S/C27H32N4O3S2.Na.H/c1-26(2,3)16-34-22-17(9-8-10-19(22)33-7)11-12-18-21(31-13-14-35-25(31)28-18)23(32)30-24-29-20(15-36-24)27(4,5)6;;/h8-15H,16H2,1-7H3,(H,29,30,32);;/b12-11+;;. The number of nitrogens with zero attached hydrogens (tertiary/aromatic N) is 3. The molecular formula is C27H33N4NaO3S2. The van der Waals surface area contributed by atoms with Gasteiger partial charge in [-0.3, -0.25) is 14.5 Å². The second-order valence-corrected chi connectivity index (χ2v) is 12.4. The molecule has 0 radical (unpaired) electrons. The number of imidazole rings is 1. The Morgan fingerprint density at radius 2 is 1.86 bits per heavy atom. The van der Waals surface area contributed by atoms with Gasteiger partial charge in [-0.2, -0.15) is 0 Å². The van der Waals surface area contributed by atoms with E-state index in [0.717, 1.165) is 16.2 Å². The van der Waals surface area contributed by atoms with E-state index in [-0.39, 0.29) is 46.3 Å². The van der Waals surface area contributed by atoms with Crippen molar-refractivity contribution in [3.05, 3.63) is 57.8 Å². The van der Waals surface area contributed by atoms with Crippen LogP contribution in [0, 0.1) is 5.41 Å². The van der Waals surface area contributed by atoms with Crippen LogP contribution in [0.25, 0.3) is 17.1 Å². The van der Waals surface area contributed by atoms with Crippen molar-refractivity contribution >= 4 is 80.4 Å². The fraction of sp³-hybridized carbons (Fsp3) is 0.370. The van der Waals surface area contributed by atoms with Crippen LogP contribution in [0.1, 0.15) is 69.0 Å². The average Bonchev–Trinajstić information content (AvgIpc) is 3.51. The Kier molecular flexibility index (Phi) is 9.29. The second kappa shape index (κ2) is 11.7. The number of amides is 1. The van der Waals surface area contributed by atoms with Gasteiger partial charge in [0, 0.05) is 27.9 Å². The van der Waals surface area contributed by atoms with Crippen molar-refractivity contribution in [2.45, 2.75) is 47.0 Å². The van der Waals surface area contributed by atoms with Crippen molar-refractivity contribution in [3.8, 4) is 11.5 Å².